The average Bonchev–Trinajstić information content (AvgIpc) is 3.17. The lowest BCUT2D eigenvalue weighted by atomic mass is 9.82. The minimum atomic E-state index is -0.190. The molecule has 3 rings (SSSR count). The molecule has 2 aromatic rings. The monoisotopic (exact) mass is 353 g/mol. The molecule has 1 heterocycles. The summed E-state index contributed by atoms with van der Waals surface area (Å²) in [6, 6.07) is 10.9. The van der Waals surface area contributed by atoms with Crippen LogP contribution in [0.2, 0.25) is 0 Å². The summed E-state index contributed by atoms with van der Waals surface area (Å²) < 4.78 is 5.78. The summed E-state index contributed by atoms with van der Waals surface area (Å²) in [7, 11) is 1.78. The van der Waals surface area contributed by atoms with Crippen molar-refractivity contribution in [2.45, 2.75) is 45.1 Å². The second-order valence-electron chi connectivity index (χ2n) is 7.00. The summed E-state index contributed by atoms with van der Waals surface area (Å²) in [6.45, 7) is 1.99. The standard InChI is InChI=1S/C21H27N3O2/c1-14(23-2)20(16-6-4-3-5-7-16)24-21(25)19-13-12-18(26-19)15-8-10-17(22)11-9-15/h8-13,16,20H,3-7,22H2,1-2H3,(H,24,25)/t20-/m1/s1. The van der Waals surface area contributed by atoms with Crippen molar-refractivity contribution in [1.82, 2.24) is 5.32 Å². The van der Waals surface area contributed by atoms with Gasteiger partial charge in [0.2, 0.25) is 0 Å². The fourth-order valence-electron chi connectivity index (χ4n) is 3.64. The predicted octanol–water partition coefficient (Wildman–Crippen LogP) is 4.30. The van der Waals surface area contributed by atoms with Gasteiger partial charge in [-0.2, -0.15) is 0 Å². The Morgan fingerprint density at radius 2 is 1.85 bits per heavy atom. The molecule has 0 spiro atoms. The molecule has 1 fully saturated rings. The fourth-order valence-corrected chi connectivity index (χ4v) is 3.64. The van der Waals surface area contributed by atoms with E-state index in [1.54, 1.807) is 13.1 Å². The van der Waals surface area contributed by atoms with Gasteiger partial charge in [-0.3, -0.25) is 9.79 Å². The highest BCUT2D eigenvalue weighted by Gasteiger charge is 2.28. The highest BCUT2D eigenvalue weighted by atomic mass is 16.3. The van der Waals surface area contributed by atoms with Crippen LogP contribution in [0, 0.1) is 5.92 Å². The molecule has 3 N–H and O–H groups in total. The van der Waals surface area contributed by atoms with E-state index >= 15 is 0 Å². The number of furan rings is 1. The van der Waals surface area contributed by atoms with Gasteiger partial charge in [0.25, 0.3) is 5.91 Å². The molecule has 1 aliphatic rings. The van der Waals surface area contributed by atoms with E-state index in [1.165, 1.54) is 19.3 Å². The maximum atomic E-state index is 12.7. The van der Waals surface area contributed by atoms with Crippen LogP contribution >= 0.6 is 0 Å². The second kappa shape index (κ2) is 8.21. The number of carbonyl (C=O) groups excluding carboxylic acids is 1. The number of aliphatic imine (C=N–C) groups is 1. The van der Waals surface area contributed by atoms with Crippen molar-refractivity contribution in [2.24, 2.45) is 10.9 Å². The summed E-state index contributed by atoms with van der Waals surface area (Å²) in [5.74, 6) is 1.24. The molecule has 0 aliphatic heterocycles. The van der Waals surface area contributed by atoms with Crippen molar-refractivity contribution in [2.75, 3.05) is 12.8 Å². The van der Waals surface area contributed by atoms with Crippen molar-refractivity contribution >= 4 is 17.3 Å². The Morgan fingerprint density at radius 1 is 1.15 bits per heavy atom. The molecular formula is C21H27N3O2. The van der Waals surface area contributed by atoms with E-state index in [0.717, 1.165) is 24.1 Å². The molecule has 1 aromatic heterocycles. The molecule has 5 heteroatoms. The largest absolute Gasteiger partial charge is 0.451 e. The van der Waals surface area contributed by atoms with E-state index in [0.29, 0.717) is 23.1 Å². The van der Waals surface area contributed by atoms with Gasteiger partial charge in [-0.05, 0) is 62.1 Å². The Morgan fingerprint density at radius 3 is 2.50 bits per heavy atom. The van der Waals surface area contributed by atoms with E-state index in [2.05, 4.69) is 10.3 Å². The number of nitrogens with one attached hydrogen (secondary N) is 1. The molecule has 1 saturated carbocycles. The third-order valence-electron chi connectivity index (χ3n) is 5.24. The molecule has 138 valence electrons. The highest BCUT2D eigenvalue weighted by molar-refractivity contribution is 5.97. The summed E-state index contributed by atoms with van der Waals surface area (Å²) in [6.07, 6.45) is 5.98. The van der Waals surface area contributed by atoms with E-state index in [9.17, 15) is 4.79 Å². The van der Waals surface area contributed by atoms with Crippen LogP contribution in [-0.2, 0) is 0 Å². The average molecular weight is 353 g/mol. The highest BCUT2D eigenvalue weighted by Crippen LogP contribution is 2.28. The lowest BCUT2D eigenvalue weighted by molar-refractivity contribution is 0.0904. The summed E-state index contributed by atoms with van der Waals surface area (Å²) in [5, 5.41) is 3.14. The van der Waals surface area contributed by atoms with Gasteiger partial charge >= 0.3 is 0 Å². The van der Waals surface area contributed by atoms with Crippen LogP contribution in [0.25, 0.3) is 11.3 Å². The molecule has 5 nitrogen and oxygen atoms in total. The van der Waals surface area contributed by atoms with Gasteiger partial charge in [0, 0.05) is 24.0 Å². The van der Waals surface area contributed by atoms with E-state index in [4.69, 9.17) is 10.2 Å². The van der Waals surface area contributed by atoms with Crippen molar-refractivity contribution in [3.8, 4) is 11.3 Å². The number of benzene rings is 1. The molecule has 1 aromatic carbocycles. The number of carbonyl (C=O) groups is 1. The SMILES string of the molecule is CN=C(C)[C@@H](NC(=O)c1ccc(-c2ccc(N)cc2)o1)C1CCCCC1. The van der Waals surface area contributed by atoms with Crippen LogP contribution in [0.15, 0.2) is 45.8 Å². The van der Waals surface area contributed by atoms with Crippen LogP contribution < -0.4 is 11.1 Å². The minimum Gasteiger partial charge on any atom is -0.451 e. The molecule has 0 unspecified atom stereocenters. The first-order valence-electron chi connectivity index (χ1n) is 9.28. The van der Waals surface area contributed by atoms with Crippen molar-refractivity contribution in [3.63, 3.8) is 0 Å². The first-order chi connectivity index (χ1) is 12.6. The topological polar surface area (TPSA) is 80.6 Å². The summed E-state index contributed by atoms with van der Waals surface area (Å²) in [5.41, 5.74) is 8.28. The maximum absolute atomic E-state index is 12.7. The zero-order valence-corrected chi connectivity index (χ0v) is 15.5. The maximum Gasteiger partial charge on any atom is 0.287 e. The van der Waals surface area contributed by atoms with Gasteiger partial charge in [-0.15, -0.1) is 0 Å². The molecular weight excluding hydrogens is 326 g/mol. The third kappa shape index (κ3) is 4.15. The zero-order chi connectivity index (χ0) is 18.5. The lowest BCUT2D eigenvalue weighted by Gasteiger charge is -2.30. The Balaban J connectivity index is 1.74. The smallest absolute Gasteiger partial charge is 0.287 e. The molecule has 1 atom stereocenters. The second-order valence-corrected chi connectivity index (χ2v) is 7.00. The fraction of sp³-hybridized carbons (Fsp3) is 0.429. The van der Waals surface area contributed by atoms with Gasteiger partial charge in [0.1, 0.15) is 5.76 Å². The Hall–Kier alpha value is -2.56. The summed E-state index contributed by atoms with van der Waals surface area (Å²) >= 11 is 0. The van der Waals surface area contributed by atoms with Crippen LogP contribution in [0.5, 0.6) is 0 Å². The number of hydrogen-bond acceptors (Lipinski definition) is 4. The van der Waals surface area contributed by atoms with Gasteiger partial charge in [-0.1, -0.05) is 19.3 Å². The van der Waals surface area contributed by atoms with E-state index < -0.39 is 0 Å². The number of nitrogens with two attached hydrogens (primary N) is 1. The first kappa shape index (κ1) is 18.2. The molecule has 26 heavy (non-hydrogen) atoms. The lowest BCUT2D eigenvalue weighted by Crippen LogP contribution is -2.45. The van der Waals surface area contributed by atoms with E-state index in [-0.39, 0.29) is 11.9 Å². The van der Waals surface area contributed by atoms with Gasteiger partial charge in [0.05, 0.1) is 6.04 Å². The Labute approximate surface area is 154 Å². The van der Waals surface area contributed by atoms with Crippen LogP contribution in [-0.4, -0.2) is 24.7 Å². The quantitative estimate of drug-likeness (QED) is 0.621. The van der Waals surface area contributed by atoms with Crippen LogP contribution in [0.1, 0.15) is 49.6 Å². The Kier molecular flexibility index (Phi) is 5.76. The number of nitrogen functional groups attached to an aromatic ring is 1. The zero-order valence-electron chi connectivity index (χ0n) is 15.5. The van der Waals surface area contributed by atoms with Gasteiger partial charge in [0.15, 0.2) is 5.76 Å². The number of hydrogen-bond donors (Lipinski definition) is 2. The minimum absolute atomic E-state index is 0.0297. The molecule has 0 saturated heterocycles. The molecule has 1 amide bonds. The number of rotatable bonds is 5. The van der Waals surface area contributed by atoms with Crippen molar-refractivity contribution in [3.05, 3.63) is 42.2 Å². The summed E-state index contributed by atoms with van der Waals surface area (Å²) in [4.78, 5) is 17.1. The van der Waals surface area contributed by atoms with Crippen LogP contribution in [0.3, 0.4) is 0 Å². The van der Waals surface area contributed by atoms with Crippen LogP contribution in [0.4, 0.5) is 5.69 Å². The normalized spacial score (nSPS) is 17.1. The number of amides is 1. The molecule has 0 bridgehead atoms. The predicted molar refractivity (Wildman–Crippen MR) is 105 cm³/mol. The number of nitrogens with zero attached hydrogens (tertiary/aromatic N) is 1. The third-order valence-corrected chi connectivity index (χ3v) is 5.24. The molecule has 0 radical (unpaired) electrons. The van der Waals surface area contributed by atoms with Gasteiger partial charge < -0.3 is 15.5 Å². The molecule has 1 aliphatic carbocycles. The van der Waals surface area contributed by atoms with Gasteiger partial charge in [-0.25, -0.2) is 0 Å². The van der Waals surface area contributed by atoms with Crippen molar-refractivity contribution < 1.29 is 9.21 Å². The number of anilines is 1. The van der Waals surface area contributed by atoms with Crippen molar-refractivity contribution in [1.29, 1.82) is 0 Å². The van der Waals surface area contributed by atoms with E-state index in [1.807, 2.05) is 37.3 Å². The Bertz CT molecular complexity index is 771. The first-order valence-corrected chi connectivity index (χ1v) is 9.28.